The first-order chi connectivity index (χ1) is 14.9. The monoisotopic (exact) mass is 428 g/mol. The minimum absolute atomic E-state index is 0.0523. The number of nitrogens with zero attached hydrogens (tertiary/aromatic N) is 2. The average Bonchev–Trinajstić information content (AvgIpc) is 3.57. The molecule has 4 rings (SSSR count). The largest absolute Gasteiger partial charge is 0.373 e. The summed E-state index contributed by atoms with van der Waals surface area (Å²) in [7, 11) is 0. The number of rotatable bonds is 6. The van der Waals surface area contributed by atoms with Crippen LogP contribution in [-0.2, 0) is 4.74 Å². The minimum Gasteiger partial charge on any atom is -0.373 e. The fourth-order valence-corrected chi connectivity index (χ4v) is 3.82. The molecule has 2 fully saturated rings. The van der Waals surface area contributed by atoms with Gasteiger partial charge in [0.25, 0.3) is 11.8 Å². The maximum Gasteiger partial charge on any atom is 0.257 e. The highest BCUT2D eigenvalue weighted by atomic mass is 19.1. The molecule has 7 heteroatoms. The molecule has 2 aliphatic rings. The molecular formula is C24H26F2N2O3. The first-order valence-corrected chi connectivity index (χ1v) is 10.6. The smallest absolute Gasteiger partial charge is 0.257 e. The van der Waals surface area contributed by atoms with Gasteiger partial charge in [-0.15, -0.1) is 0 Å². The number of hydrogen-bond donors (Lipinski definition) is 0. The van der Waals surface area contributed by atoms with Gasteiger partial charge >= 0.3 is 0 Å². The van der Waals surface area contributed by atoms with Crippen LogP contribution in [0.4, 0.5) is 8.78 Å². The molecule has 1 unspecified atom stereocenters. The molecule has 1 aliphatic heterocycles. The summed E-state index contributed by atoms with van der Waals surface area (Å²) in [5.41, 5.74) is 1.55. The molecule has 2 aromatic rings. The summed E-state index contributed by atoms with van der Waals surface area (Å²) in [4.78, 5) is 29.2. The highest BCUT2D eigenvalue weighted by Gasteiger charge is 2.32. The van der Waals surface area contributed by atoms with Crippen LogP contribution in [0.2, 0.25) is 0 Å². The number of morpholine rings is 1. The van der Waals surface area contributed by atoms with E-state index < -0.39 is 17.5 Å². The Hall–Kier alpha value is -2.80. The lowest BCUT2D eigenvalue weighted by Gasteiger charge is -2.36. The van der Waals surface area contributed by atoms with Crippen LogP contribution in [0, 0.1) is 24.5 Å². The third kappa shape index (κ3) is 5.28. The van der Waals surface area contributed by atoms with Crippen LogP contribution in [0.5, 0.6) is 0 Å². The first-order valence-electron chi connectivity index (χ1n) is 10.6. The highest BCUT2D eigenvalue weighted by molar-refractivity contribution is 5.95. The number of benzene rings is 2. The summed E-state index contributed by atoms with van der Waals surface area (Å²) in [5.74, 6) is -1.64. The van der Waals surface area contributed by atoms with Gasteiger partial charge in [0.1, 0.15) is 11.6 Å². The van der Waals surface area contributed by atoms with Crippen molar-refractivity contribution in [1.29, 1.82) is 0 Å². The van der Waals surface area contributed by atoms with Gasteiger partial charge in [-0.2, -0.15) is 0 Å². The van der Waals surface area contributed by atoms with Gasteiger partial charge in [0.15, 0.2) is 0 Å². The summed E-state index contributed by atoms with van der Waals surface area (Å²) in [5, 5.41) is 0. The number of aryl methyl sites for hydroxylation is 1. The summed E-state index contributed by atoms with van der Waals surface area (Å²) in [6.45, 7) is 3.86. The zero-order valence-electron chi connectivity index (χ0n) is 17.5. The van der Waals surface area contributed by atoms with Crippen LogP contribution >= 0.6 is 0 Å². The van der Waals surface area contributed by atoms with E-state index in [4.69, 9.17) is 4.74 Å². The van der Waals surface area contributed by atoms with E-state index in [0.717, 1.165) is 30.5 Å². The molecule has 1 atom stereocenters. The van der Waals surface area contributed by atoms with Crippen LogP contribution < -0.4 is 0 Å². The van der Waals surface area contributed by atoms with Crippen molar-refractivity contribution in [3.05, 3.63) is 70.8 Å². The van der Waals surface area contributed by atoms with Gasteiger partial charge in [-0.25, -0.2) is 8.78 Å². The lowest BCUT2D eigenvalue weighted by Crippen LogP contribution is -2.51. The van der Waals surface area contributed by atoms with Crippen molar-refractivity contribution in [2.24, 2.45) is 5.92 Å². The normalized spacial score (nSPS) is 18.7. The number of hydrogen-bond acceptors (Lipinski definition) is 3. The zero-order valence-corrected chi connectivity index (χ0v) is 17.5. The third-order valence-electron chi connectivity index (χ3n) is 5.77. The second kappa shape index (κ2) is 9.14. The molecule has 0 bridgehead atoms. The molecule has 0 radical (unpaired) electrons. The quantitative estimate of drug-likeness (QED) is 0.706. The number of carbonyl (C=O) groups is 2. The Morgan fingerprint density at radius 2 is 1.84 bits per heavy atom. The minimum atomic E-state index is -0.877. The maximum atomic E-state index is 14.1. The van der Waals surface area contributed by atoms with Crippen LogP contribution in [0.25, 0.3) is 0 Å². The standard InChI is InChI=1S/C24H26F2N2O3/c1-16-2-6-18(7-3-16)23(29)28(13-17-4-5-17)15-20-14-27(10-11-31-20)24(30)21-9-8-19(25)12-22(21)26/h2-3,6-9,12,17,20H,4-5,10-11,13-15H2,1H3. The number of ether oxygens (including phenoxy) is 1. The van der Waals surface area contributed by atoms with Crippen molar-refractivity contribution in [3.8, 4) is 0 Å². The van der Waals surface area contributed by atoms with Crippen LogP contribution in [0.15, 0.2) is 42.5 Å². The van der Waals surface area contributed by atoms with E-state index in [1.807, 2.05) is 31.2 Å². The fourth-order valence-electron chi connectivity index (χ4n) is 3.82. The van der Waals surface area contributed by atoms with Gasteiger partial charge in [0.2, 0.25) is 0 Å². The summed E-state index contributed by atoms with van der Waals surface area (Å²) >= 11 is 0. The molecule has 1 heterocycles. The van der Waals surface area contributed by atoms with Gasteiger partial charge in [0.05, 0.1) is 18.3 Å². The molecule has 31 heavy (non-hydrogen) atoms. The van der Waals surface area contributed by atoms with Gasteiger partial charge in [0, 0.05) is 37.8 Å². The Morgan fingerprint density at radius 1 is 1.10 bits per heavy atom. The van der Waals surface area contributed by atoms with E-state index >= 15 is 0 Å². The lowest BCUT2D eigenvalue weighted by molar-refractivity contribution is -0.0336. The van der Waals surface area contributed by atoms with Crippen LogP contribution in [-0.4, -0.2) is 60.5 Å². The Balaban J connectivity index is 1.45. The van der Waals surface area contributed by atoms with E-state index in [2.05, 4.69) is 0 Å². The zero-order chi connectivity index (χ0) is 22.0. The number of amides is 2. The van der Waals surface area contributed by atoms with Crippen molar-refractivity contribution < 1.29 is 23.1 Å². The SMILES string of the molecule is Cc1ccc(C(=O)N(CC2CC2)CC2CN(C(=O)c3ccc(F)cc3F)CCO2)cc1. The molecule has 164 valence electrons. The Bertz CT molecular complexity index is 960. The molecular weight excluding hydrogens is 402 g/mol. The topological polar surface area (TPSA) is 49.9 Å². The van der Waals surface area contributed by atoms with E-state index in [1.165, 1.54) is 4.90 Å². The predicted molar refractivity (Wildman–Crippen MR) is 112 cm³/mol. The Kier molecular flexibility index (Phi) is 6.32. The number of halogens is 2. The molecule has 5 nitrogen and oxygen atoms in total. The second-order valence-corrected chi connectivity index (χ2v) is 8.39. The molecule has 2 aromatic carbocycles. The lowest BCUT2D eigenvalue weighted by atomic mass is 10.1. The Morgan fingerprint density at radius 3 is 2.52 bits per heavy atom. The molecule has 0 spiro atoms. The average molecular weight is 428 g/mol. The predicted octanol–water partition coefficient (Wildman–Crippen LogP) is 3.67. The van der Waals surface area contributed by atoms with Gasteiger partial charge < -0.3 is 14.5 Å². The molecule has 2 amide bonds. The van der Waals surface area contributed by atoms with E-state index in [0.29, 0.717) is 43.8 Å². The van der Waals surface area contributed by atoms with Crippen molar-refractivity contribution in [1.82, 2.24) is 9.80 Å². The van der Waals surface area contributed by atoms with E-state index in [-0.39, 0.29) is 24.1 Å². The van der Waals surface area contributed by atoms with E-state index in [9.17, 15) is 18.4 Å². The summed E-state index contributed by atoms with van der Waals surface area (Å²) in [6, 6.07) is 10.4. The summed E-state index contributed by atoms with van der Waals surface area (Å²) in [6.07, 6.45) is 1.85. The van der Waals surface area contributed by atoms with Crippen LogP contribution in [0.1, 0.15) is 39.1 Å². The van der Waals surface area contributed by atoms with Gasteiger partial charge in [-0.05, 0) is 49.9 Å². The highest BCUT2D eigenvalue weighted by Crippen LogP contribution is 2.30. The van der Waals surface area contributed by atoms with Crippen molar-refractivity contribution >= 4 is 11.8 Å². The van der Waals surface area contributed by atoms with Crippen molar-refractivity contribution in [2.45, 2.75) is 25.9 Å². The van der Waals surface area contributed by atoms with Crippen LogP contribution in [0.3, 0.4) is 0 Å². The molecule has 1 saturated carbocycles. The van der Waals surface area contributed by atoms with Gasteiger partial charge in [-0.1, -0.05) is 17.7 Å². The molecule has 1 aliphatic carbocycles. The Labute approximate surface area is 180 Å². The molecule has 0 N–H and O–H groups in total. The maximum absolute atomic E-state index is 14.1. The van der Waals surface area contributed by atoms with Crippen molar-refractivity contribution in [2.75, 3.05) is 32.8 Å². The third-order valence-corrected chi connectivity index (χ3v) is 5.77. The summed E-state index contributed by atoms with van der Waals surface area (Å²) < 4.78 is 33.1. The number of carbonyl (C=O) groups excluding carboxylic acids is 2. The first kappa shape index (κ1) is 21.4. The van der Waals surface area contributed by atoms with Gasteiger partial charge in [-0.3, -0.25) is 9.59 Å². The molecule has 0 aromatic heterocycles. The van der Waals surface area contributed by atoms with E-state index in [1.54, 1.807) is 4.90 Å². The molecule has 1 saturated heterocycles. The second-order valence-electron chi connectivity index (χ2n) is 8.39. The van der Waals surface area contributed by atoms with Crippen molar-refractivity contribution in [3.63, 3.8) is 0 Å². The fraction of sp³-hybridized carbons (Fsp3) is 0.417.